The van der Waals surface area contributed by atoms with E-state index < -0.39 is 29.9 Å². The lowest BCUT2D eigenvalue weighted by molar-refractivity contribution is 0.0938. The van der Waals surface area contributed by atoms with E-state index in [0.717, 1.165) is 12.1 Å². The van der Waals surface area contributed by atoms with Crippen LogP contribution in [0.15, 0.2) is 40.8 Å². The minimum Gasteiger partial charge on any atom is -0.415 e. The Kier molecular flexibility index (Phi) is 4.02. The minimum atomic E-state index is -2.89. The molecular weight excluding hydrogens is 368 g/mol. The molecule has 0 spiro atoms. The van der Waals surface area contributed by atoms with Crippen LogP contribution >= 0.6 is 0 Å². The van der Waals surface area contributed by atoms with Crippen LogP contribution in [-0.2, 0) is 6.54 Å². The molecule has 2 aromatic carbocycles. The predicted octanol–water partition coefficient (Wildman–Crippen LogP) is 3.62. The lowest BCUT2D eigenvalue weighted by Crippen LogP contribution is -2.46. The van der Waals surface area contributed by atoms with Crippen LogP contribution in [0.5, 0.6) is 0 Å². The van der Waals surface area contributed by atoms with Crippen LogP contribution in [0.3, 0.4) is 0 Å². The first-order chi connectivity index (χ1) is 12.9. The summed E-state index contributed by atoms with van der Waals surface area (Å²) in [5, 5.41) is 8.16. The Morgan fingerprint density at radius 2 is 1.89 bits per heavy atom. The highest BCUT2D eigenvalue weighted by Crippen LogP contribution is 2.28. The molecule has 1 amide bonds. The maximum atomic E-state index is 13.4. The molecule has 0 unspecified atom stereocenters. The van der Waals surface area contributed by atoms with E-state index in [1.165, 1.54) is 17.1 Å². The molecule has 6 nitrogen and oxygen atoms in total. The zero-order chi connectivity index (χ0) is 19.1. The SMILES string of the molecule is O=C1NN(c2ccc(F)c(F)c2)Cc2ccc(-c3nnc(C(F)F)o3)cc21. The van der Waals surface area contributed by atoms with Crippen molar-refractivity contribution >= 4 is 11.6 Å². The van der Waals surface area contributed by atoms with Crippen LogP contribution in [0.2, 0.25) is 0 Å². The third kappa shape index (κ3) is 3.09. The largest absolute Gasteiger partial charge is 0.415 e. The van der Waals surface area contributed by atoms with Crippen molar-refractivity contribution in [1.29, 1.82) is 0 Å². The second kappa shape index (κ2) is 6.38. The first-order valence-corrected chi connectivity index (χ1v) is 7.71. The Bertz CT molecular complexity index is 1040. The summed E-state index contributed by atoms with van der Waals surface area (Å²) in [4.78, 5) is 12.4. The van der Waals surface area contributed by atoms with Crippen molar-refractivity contribution in [2.45, 2.75) is 13.0 Å². The van der Waals surface area contributed by atoms with E-state index >= 15 is 0 Å². The lowest BCUT2D eigenvalue weighted by atomic mass is 10.0. The molecule has 1 aliphatic rings. The second-order valence-corrected chi connectivity index (χ2v) is 5.74. The number of nitrogens with zero attached hydrogens (tertiary/aromatic N) is 3. The molecule has 138 valence electrons. The molecule has 1 N–H and O–H groups in total. The highest BCUT2D eigenvalue weighted by molar-refractivity contribution is 5.99. The summed E-state index contributed by atoms with van der Waals surface area (Å²) in [5.74, 6) is -3.47. The van der Waals surface area contributed by atoms with Gasteiger partial charge in [-0.1, -0.05) is 6.07 Å². The van der Waals surface area contributed by atoms with Gasteiger partial charge in [0.15, 0.2) is 11.6 Å². The Hall–Kier alpha value is -3.43. The molecule has 27 heavy (non-hydrogen) atoms. The van der Waals surface area contributed by atoms with Gasteiger partial charge in [-0.3, -0.25) is 15.2 Å². The van der Waals surface area contributed by atoms with E-state index in [1.807, 2.05) is 0 Å². The summed E-state index contributed by atoms with van der Waals surface area (Å²) < 4.78 is 56.6. The van der Waals surface area contributed by atoms with Gasteiger partial charge in [0.2, 0.25) is 5.89 Å². The van der Waals surface area contributed by atoms with Gasteiger partial charge >= 0.3 is 6.43 Å². The van der Waals surface area contributed by atoms with Gasteiger partial charge in [0.25, 0.3) is 11.8 Å². The van der Waals surface area contributed by atoms with Crippen molar-refractivity contribution < 1.29 is 26.8 Å². The van der Waals surface area contributed by atoms with Crippen molar-refractivity contribution in [3.8, 4) is 11.5 Å². The Morgan fingerprint density at radius 1 is 1.07 bits per heavy atom. The number of hydrazine groups is 1. The number of anilines is 1. The maximum absolute atomic E-state index is 13.4. The quantitative estimate of drug-likeness (QED) is 0.705. The topological polar surface area (TPSA) is 71.3 Å². The van der Waals surface area contributed by atoms with Crippen LogP contribution in [-0.4, -0.2) is 16.1 Å². The summed E-state index contributed by atoms with van der Waals surface area (Å²) in [6, 6.07) is 7.86. The van der Waals surface area contributed by atoms with Crippen molar-refractivity contribution in [1.82, 2.24) is 15.6 Å². The fourth-order valence-electron chi connectivity index (χ4n) is 2.70. The number of carbonyl (C=O) groups is 1. The molecule has 1 aliphatic heterocycles. The highest BCUT2D eigenvalue weighted by atomic mass is 19.3. The first kappa shape index (κ1) is 17.0. The minimum absolute atomic E-state index is 0.135. The average molecular weight is 378 g/mol. The van der Waals surface area contributed by atoms with Crippen molar-refractivity contribution in [2.75, 3.05) is 5.01 Å². The molecule has 1 aromatic heterocycles. The summed E-state index contributed by atoms with van der Waals surface area (Å²) in [7, 11) is 0. The fourth-order valence-corrected chi connectivity index (χ4v) is 2.70. The van der Waals surface area contributed by atoms with Crippen LogP contribution in [0.25, 0.3) is 11.5 Å². The molecule has 0 fully saturated rings. The third-order valence-electron chi connectivity index (χ3n) is 4.01. The van der Waals surface area contributed by atoms with Gasteiger partial charge in [0, 0.05) is 17.2 Å². The number of aromatic nitrogens is 2. The van der Waals surface area contributed by atoms with Crippen LogP contribution < -0.4 is 10.4 Å². The smallest absolute Gasteiger partial charge is 0.314 e. The second-order valence-electron chi connectivity index (χ2n) is 5.74. The Labute approximate surface area is 149 Å². The molecule has 3 aromatic rings. The summed E-state index contributed by atoms with van der Waals surface area (Å²) in [6.07, 6.45) is -2.89. The van der Waals surface area contributed by atoms with Crippen molar-refractivity contribution in [3.63, 3.8) is 0 Å². The third-order valence-corrected chi connectivity index (χ3v) is 4.01. The predicted molar refractivity (Wildman–Crippen MR) is 84.7 cm³/mol. The molecule has 0 bridgehead atoms. The van der Waals surface area contributed by atoms with Gasteiger partial charge in [0.05, 0.1) is 12.2 Å². The number of amides is 1. The number of nitrogens with one attached hydrogen (secondary N) is 1. The normalized spacial score (nSPS) is 13.7. The number of hydrogen-bond donors (Lipinski definition) is 1. The molecule has 0 atom stereocenters. The Morgan fingerprint density at radius 3 is 2.59 bits per heavy atom. The lowest BCUT2D eigenvalue weighted by Gasteiger charge is -2.31. The standard InChI is InChI=1S/C17H10F4N4O2/c18-12-4-3-10(6-13(12)19)25-7-9-2-1-8(5-11(9)15(26)24-25)16-22-23-17(27-16)14(20)21/h1-6,14H,7H2,(H,24,26). The highest BCUT2D eigenvalue weighted by Gasteiger charge is 2.25. The summed E-state index contributed by atoms with van der Waals surface area (Å²) in [6.45, 7) is 0.193. The average Bonchev–Trinajstić information content (AvgIpc) is 3.14. The monoisotopic (exact) mass is 378 g/mol. The van der Waals surface area contributed by atoms with Crippen LogP contribution in [0.1, 0.15) is 28.2 Å². The molecule has 0 saturated carbocycles. The van der Waals surface area contributed by atoms with Crippen LogP contribution in [0, 0.1) is 11.6 Å². The van der Waals surface area contributed by atoms with Crippen molar-refractivity contribution in [3.05, 3.63) is 65.1 Å². The van der Waals surface area contributed by atoms with Gasteiger partial charge in [0.1, 0.15) is 0 Å². The number of halogens is 4. The fraction of sp³-hybridized carbons (Fsp3) is 0.118. The van der Waals surface area contributed by atoms with E-state index in [4.69, 9.17) is 4.42 Å². The zero-order valence-electron chi connectivity index (χ0n) is 13.4. The number of rotatable bonds is 3. The van der Waals surface area contributed by atoms with Gasteiger partial charge in [-0.15, -0.1) is 10.2 Å². The maximum Gasteiger partial charge on any atom is 0.314 e. The zero-order valence-corrected chi connectivity index (χ0v) is 13.4. The molecule has 0 radical (unpaired) electrons. The van der Waals surface area contributed by atoms with Gasteiger partial charge < -0.3 is 4.42 Å². The first-order valence-electron chi connectivity index (χ1n) is 7.71. The van der Waals surface area contributed by atoms with Gasteiger partial charge in [-0.2, -0.15) is 8.78 Å². The molecular formula is C17H10F4N4O2. The number of alkyl halides is 2. The number of carbonyl (C=O) groups excluding carboxylic acids is 1. The van der Waals surface area contributed by atoms with E-state index in [2.05, 4.69) is 15.6 Å². The van der Waals surface area contributed by atoms with E-state index in [0.29, 0.717) is 11.1 Å². The van der Waals surface area contributed by atoms with E-state index in [9.17, 15) is 22.4 Å². The summed E-state index contributed by atoms with van der Waals surface area (Å²) in [5.41, 5.74) is 4.02. The van der Waals surface area contributed by atoms with E-state index in [-0.39, 0.29) is 23.7 Å². The Balaban J connectivity index is 1.64. The molecule has 2 heterocycles. The van der Waals surface area contributed by atoms with Crippen molar-refractivity contribution in [2.24, 2.45) is 0 Å². The van der Waals surface area contributed by atoms with E-state index in [1.54, 1.807) is 12.1 Å². The number of fused-ring (bicyclic) bond motifs is 1. The van der Waals surface area contributed by atoms with Gasteiger partial charge in [-0.25, -0.2) is 8.78 Å². The molecule has 0 aliphatic carbocycles. The molecule has 0 saturated heterocycles. The number of hydrogen-bond acceptors (Lipinski definition) is 5. The number of benzene rings is 2. The van der Waals surface area contributed by atoms with Crippen LogP contribution in [0.4, 0.5) is 23.2 Å². The summed E-state index contributed by atoms with van der Waals surface area (Å²) >= 11 is 0. The molecule has 4 rings (SSSR count). The molecule has 10 heteroatoms. The van der Waals surface area contributed by atoms with Gasteiger partial charge in [-0.05, 0) is 29.8 Å².